The van der Waals surface area contributed by atoms with Gasteiger partial charge in [-0.1, -0.05) is 13.8 Å². The molecule has 0 amide bonds. The van der Waals surface area contributed by atoms with Crippen molar-refractivity contribution in [3.05, 3.63) is 14.0 Å². The summed E-state index contributed by atoms with van der Waals surface area (Å²) in [7, 11) is 5.53. The Labute approximate surface area is 155 Å². The van der Waals surface area contributed by atoms with E-state index in [1.165, 1.54) is 0 Å². The van der Waals surface area contributed by atoms with Crippen LogP contribution in [0, 0.1) is 14.0 Å². The van der Waals surface area contributed by atoms with Gasteiger partial charge in [0.05, 0.1) is 32.0 Å². The van der Waals surface area contributed by atoms with Gasteiger partial charge in [0, 0.05) is 7.11 Å². The van der Waals surface area contributed by atoms with Gasteiger partial charge >= 0.3 is 19.8 Å². The fourth-order valence-electron chi connectivity index (χ4n) is 1.23. The quantitative estimate of drug-likeness (QED) is 0.242. The summed E-state index contributed by atoms with van der Waals surface area (Å²) in [5, 5.41) is 34.0. The van der Waals surface area contributed by atoms with Gasteiger partial charge in [-0.25, -0.2) is 0 Å². The Morgan fingerprint density at radius 2 is 1.52 bits per heavy atom. The van der Waals surface area contributed by atoms with E-state index >= 15 is 0 Å². The predicted octanol–water partition coefficient (Wildman–Crippen LogP) is 0.837. The van der Waals surface area contributed by atoms with E-state index in [1.807, 2.05) is 18.7 Å². The maximum atomic E-state index is 9.07. The first-order valence-corrected chi connectivity index (χ1v) is 7.93. The van der Waals surface area contributed by atoms with Gasteiger partial charge < -0.3 is 37.0 Å². The molecule has 0 aliphatic rings. The molecule has 4 N–H and O–H groups in total. The third kappa shape index (κ3) is 30.8. The summed E-state index contributed by atoms with van der Waals surface area (Å²) in [5.74, 6) is 0. The SMILES string of the molecule is CC.[CH2-]CC(O)CO.[CH2-]N(CCCCC(O)CO)CCOC.[Os+2]. The number of aliphatic hydroxyl groups is 4. The van der Waals surface area contributed by atoms with Gasteiger partial charge in [0.2, 0.25) is 0 Å². The third-order valence-electron chi connectivity index (χ3n) is 2.63. The van der Waals surface area contributed by atoms with Crippen molar-refractivity contribution in [3.8, 4) is 0 Å². The van der Waals surface area contributed by atoms with Crippen molar-refractivity contribution < 1.29 is 45.0 Å². The van der Waals surface area contributed by atoms with Crippen molar-refractivity contribution >= 4 is 0 Å². The molecule has 144 valence electrons. The van der Waals surface area contributed by atoms with Crippen LogP contribution < -0.4 is 0 Å². The zero-order valence-electron chi connectivity index (χ0n) is 14.9. The molecule has 0 rings (SSSR count). The van der Waals surface area contributed by atoms with E-state index in [0.29, 0.717) is 19.4 Å². The summed E-state index contributed by atoms with van der Waals surface area (Å²) in [6.07, 6.45) is 1.77. The summed E-state index contributed by atoms with van der Waals surface area (Å²) < 4.78 is 4.92. The second-order valence-electron chi connectivity index (χ2n) is 4.57. The first-order chi connectivity index (χ1) is 10.5. The number of hydrogen-bond donors (Lipinski definition) is 4. The van der Waals surface area contributed by atoms with Crippen molar-refractivity contribution in [2.75, 3.05) is 40.0 Å². The first kappa shape index (κ1) is 31.2. The molecule has 6 nitrogen and oxygen atoms in total. The Kier molecular flexibility index (Phi) is 37.0. The van der Waals surface area contributed by atoms with E-state index in [9.17, 15) is 0 Å². The third-order valence-corrected chi connectivity index (χ3v) is 2.63. The Balaban J connectivity index is -0.000000170. The molecule has 0 radical (unpaired) electrons. The van der Waals surface area contributed by atoms with Crippen LogP contribution in [0.15, 0.2) is 0 Å². The molecule has 0 aliphatic carbocycles. The molecule has 0 aromatic carbocycles. The molecular weight excluding hydrogens is 476 g/mol. The number of ether oxygens (including phenoxy) is 1. The molecule has 23 heavy (non-hydrogen) atoms. The van der Waals surface area contributed by atoms with Crippen LogP contribution in [0.25, 0.3) is 0 Å². The van der Waals surface area contributed by atoms with Crippen LogP contribution in [0.1, 0.15) is 39.5 Å². The number of unbranched alkanes of at least 4 members (excludes halogenated alkanes) is 1. The normalized spacial score (nSPS) is 12.3. The van der Waals surface area contributed by atoms with Gasteiger partial charge in [-0.3, -0.25) is 7.05 Å². The minimum absolute atomic E-state index is 0. The summed E-state index contributed by atoms with van der Waals surface area (Å²) in [4.78, 5) is 1.95. The smallest absolute Gasteiger partial charge is 0.457 e. The molecule has 0 aromatic rings. The van der Waals surface area contributed by atoms with E-state index in [4.69, 9.17) is 25.2 Å². The van der Waals surface area contributed by atoms with Crippen molar-refractivity contribution in [2.24, 2.45) is 0 Å². The number of aliphatic hydroxyl groups excluding tert-OH is 4. The van der Waals surface area contributed by atoms with Crippen LogP contribution in [0.4, 0.5) is 0 Å². The Hall–Kier alpha value is 0.396. The standard InChI is InChI=1S/C10H22NO3.C4H9O2.C2H6.Os/c1-11(7-8-14-2)6-4-3-5-10(13)9-12;1-2-4(6)3-5;1-2;/h10,12-13H,1,3-9H2,2H3;4-6H,1-3H2;1-2H3;/q2*-1;;+2. The number of methoxy groups -OCH3 is 1. The molecule has 0 bridgehead atoms. The van der Waals surface area contributed by atoms with Gasteiger partial charge in [0.15, 0.2) is 0 Å². The van der Waals surface area contributed by atoms with E-state index < -0.39 is 12.2 Å². The van der Waals surface area contributed by atoms with Crippen LogP contribution in [0.2, 0.25) is 0 Å². The molecule has 2 atom stereocenters. The van der Waals surface area contributed by atoms with Gasteiger partial charge in [0.1, 0.15) is 0 Å². The number of nitrogens with zero attached hydrogens (tertiary/aromatic N) is 1. The van der Waals surface area contributed by atoms with Gasteiger partial charge in [0.25, 0.3) is 0 Å². The summed E-state index contributed by atoms with van der Waals surface area (Å²) >= 11 is 0. The van der Waals surface area contributed by atoms with Crippen LogP contribution >= 0.6 is 0 Å². The number of rotatable bonds is 11. The van der Waals surface area contributed by atoms with Crippen molar-refractivity contribution in [1.82, 2.24) is 4.90 Å². The molecule has 2 unspecified atom stereocenters. The maximum absolute atomic E-state index is 9.07. The monoisotopic (exact) mass is 515 g/mol. The Morgan fingerprint density at radius 3 is 1.87 bits per heavy atom. The minimum Gasteiger partial charge on any atom is -0.457 e. The van der Waals surface area contributed by atoms with Gasteiger partial charge in [-0.05, 0) is 32.4 Å². The summed E-state index contributed by atoms with van der Waals surface area (Å²) in [5.41, 5.74) is 0. The maximum Gasteiger partial charge on any atom is 2.00 e. The fourth-order valence-corrected chi connectivity index (χ4v) is 1.23. The molecule has 0 aromatic heterocycles. The Bertz CT molecular complexity index is 186. The topological polar surface area (TPSA) is 93.4 Å². The van der Waals surface area contributed by atoms with Gasteiger partial charge in [-0.15, -0.1) is 0 Å². The molecule has 0 saturated heterocycles. The molecule has 0 aliphatic heterocycles. The van der Waals surface area contributed by atoms with Crippen molar-refractivity contribution in [1.29, 1.82) is 0 Å². The molecule has 0 heterocycles. The van der Waals surface area contributed by atoms with Crippen molar-refractivity contribution in [2.45, 2.75) is 51.7 Å². The second-order valence-corrected chi connectivity index (χ2v) is 4.57. The second kappa shape index (κ2) is 27.3. The largest absolute Gasteiger partial charge is 2.00 e. The number of hydrogen-bond acceptors (Lipinski definition) is 6. The average Bonchev–Trinajstić information content (AvgIpc) is 2.58. The summed E-state index contributed by atoms with van der Waals surface area (Å²) in [6, 6.07) is 0. The molecule has 0 saturated carbocycles. The van der Waals surface area contributed by atoms with Crippen LogP contribution in [0.5, 0.6) is 0 Å². The average molecular weight is 514 g/mol. The van der Waals surface area contributed by atoms with Crippen LogP contribution in [-0.4, -0.2) is 77.6 Å². The molecular formula is C16H37NO5Os. The fraction of sp³-hybridized carbons (Fsp3) is 0.875. The van der Waals surface area contributed by atoms with Gasteiger partial charge in [-0.2, -0.15) is 6.42 Å². The first-order valence-electron chi connectivity index (χ1n) is 7.93. The van der Waals surface area contributed by atoms with Crippen LogP contribution in [0.3, 0.4) is 0 Å². The van der Waals surface area contributed by atoms with E-state index in [1.54, 1.807) is 7.11 Å². The Morgan fingerprint density at radius 1 is 1.00 bits per heavy atom. The zero-order chi connectivity index (χ0) is 17.8. The molecule has 0 fully saturated rings. The van der Waals surface area contributed by atoms with Crippen molar-refractivity contribution in [3.63, 3.8) is 0 Å². The minimum atomic E-state index is -0.620. The summed E-state index contributed by atoms with van der Waals surface area (Å²) in [6.45, 7) is 9.46. The predicted molar refractivity (Wildman–Crippen MR) is 90.2 cm³/mol. The molecule has 7 heteroatoms. The van der Waals surface area contributed by atoms with Crippen LogP contribution in [-0.2, 0) is 24.5 Å². The van der Waals surface area contributed by atoms with E-state index in [-0.39, 0.29) is 33.0 Å². The molecule has 0 spiro atoms. The van der Waals surface area contributed by atoms with E-state index in [2.05, 4.69) is 14.0 Å². The zero-order valence-corrected chi connectivity index (χ0v) is 17.5. The van der Waals surface area contributed by atoms with E-state index in [0.717, 1.165) is 25.9 Å².